The fraction of sp³-hybridized carbons (Fsp3) is 0.0714. The minimum absolute atomic E-state index is 0.166. The van der Waals surface area contributed by atoms with E-state index >= 15 is 0 Å². The first-order chi connectivity index (χ1) is 9.20. The van der Waals surface area contributed by atoms with Gasteiger partial charge < -0.3 is 4.74 Å². The van der Waals surface area contributed by atoms with Crippen molar-refractivity contribution in [1.82, 2.24) is 9.78 Å². The third-order valence-corrected chi connectivity index (χ3v) is 3.14. The van der Waals surface area contributed by atoms with Crippen LogP contribution in [0.25, 0.3) is 16.6 Å². The summed E-state index contributed by atoms with van der Waals surface area (Å²) < 4.78 is 20.0. The second-order valence-electron chi connectivity index (χ2n) is 3.96. The number of benzene rings is 2. The largest absolute Gasteiger partial charge is 0.494 e. The highest BCUT2D eigenvalue weighted by molar-refractivity contribution is 6.34. The van der Waals surface area contributed by atoms with Crippen LogP contribution in [0.5, 0.6) is 5.75 Å². The summed E-state index contributed by atoms with van der Waals surface area (Å²) in [7, 11) is 1.42. The van der Waals surface area contributed by atoms with Gasteiger partial charge in [0, 0.05) is 11.5 Å². The van der Waals surface area contributed by atoms with Crippen molar-refractivity contribution in [3.05, 3.63) is 53.4 Å². The molecule has 0 spiro atoms. The smallest absolute Gasteiger partial charge is 0.165 e. The maximum Gasteiger partial charge on any atom is 0.165 e. The molecule has 0 aliphatic heterocycles. The Morgan fingerprint density at radius 2 is 2.21 bits per heavy atom. The molecule has 95 valence electrons. The van der Waals surface area contributed by atoms with Gasteiger partial charge in [0.2, 0.25) is 0 Å². The lowest BCUT2D eigenvalue weighted by Crippen LogP contribution is -1.98. The molecule has 3 rings (SSSR count). The maximum absolute atomic E-state index is 13.4. The Bertz CT molecular complexity index is 754. The number of nitrogens with zero attached hydrogens (tertiary/aromatic N) is 2. The van der Waals surface area contributed by atoms with Crippen LogP contribution in [0.3, 0.4) is 0 Å². The first-order valence-electron chi connectivity index (χ1n) is 5.59. The summed E-state index contributed by atoms with van der Waals surface area (Å²) in [6, 6.07) is 12.9. The van der Waals surface area contributed by atoms with Gasteiger partial charge in [-0.15, -0.1) is 0 Å². The number of halogens is 2. The van der Waals surface area contributed by atoms with E-state index < -0.39 is 5.82 Å². The quantitative estimate of drug-likeness (QED) is 0.714. The monoisotopic (exact) mass is 275 g/mol. The van der Waals surface area contributed by atoms with Crippen molar-refractivity contribution < 1.29 is 9.13 Å². The van der Waals surface area contributed by atoms with E-state index in [2.05, 4.69) is 11.2 Å². The summed E-state index contributed by atoms with van der Waals surface area (Å²) in [4.78, 5) is 0. The van der Waals surface area contributed by atoms with Gasteiger partial charge in [0.15, 0.2) is 16.7 Å². The molecule has 0 fully saturated rings. The molecule has 0 N–H and O–H groups in total. The minimum Gasteiger partial charge on any atom is -0.494 e. The number of fused-ring (bicyclic) bond motifs is 1. The number of hydrogen-bond acceptors (Lipinski definition) is 2. The molecule has 0 aliphatic carbocycles. The molecule has 3 aromatic rings. The van der Waals surface area contributed by atoms with E-state index in [1.807, 2.05) is 6.07 Å². The second-order valence-corrected chi connectivity index (χ2v) is 4.32. The average molecular weight is 276 g/mol. The predicted molar refractivity (Wildman–Crippen MR) is 71.4 cm³/mol. The molecular weight excluding hydrogens is 267 g/mol. The van der Waals surface area contributed by atoms with E-state index in [0.29, 0.717) is 10.8 Å². The Kier molecular flexibility index (Phi) is 2.87. The zero-order valence-electron chi connectivity index (χ0n) is 10.0. The van der Waals surface area contributed by atoms with Gasteiger partial charge in [0.1, 0.15) is 0 Å². The Morgan fingerprint density at radius 1 is 1.37 bits per heavy atom. The molecular formula is C14H9ClFN2O. The summed E-state index contributed by atoms with van der Waals surface area (Å²) in [5, 5.41) is 5.43. The van der Waals surface area contributed by atoms with Gasteiger partial charge in [-0.05, 0) is 30.3 Å². The lowest BCUT2D eigenvalue weighted by molar-refractivity contribution is 0.386. The van der Waals surface area contributed by atoms with E-state index in [1.165, 1.54) is 13.2 Å². The summed E-state index contributed by atoms with van der Waals surface area (Å²) in [5.41, 5.74) is 1.51. The van der Waals surface area contributed by atoms with E-state index in [-0.39, 0.29) is 5.75 Å². The third-order valence-electron chi connectivity index (χ3n) is 2.86. The van der Waals surface area contributed by atoms with Crippen molar-refractivity contribution in [3.8, 4) is 11.4 Å². The van der Waals surface area contributed by atoms with Crippen LogP contribution in [0.2, 0.25) is 5.15 Å². The second kappa shape index (κ2) is 4.55. The Labute approximate surface area is 114 Å². The normalized spacial score (nSPS) is 10.9. The minimum atomic E-state index is -0.415. The molecule has 0 atom stereocenters. The molecule has 0 saturated carbocycles. The molecule has 5 heteroatoms. The fourth-order valence-electron chi connectivity index (χ4n) is 1.94. The Hall–Kier alpha value is -2.07. The first kappa shape index (κ1) is 12.0. The lowest BCUT2D eigenvalue weighted by atomic mass is 10.2. The molecule has 0 saturated heterocycles. The number of aromatic nitrogens is 2. The highest BCUT2D eigenvalue weighted by atomic mass is 35.5. The Morgan fingerprint density at radius 3 is 3.00 bits per heavy atom. The van der Waals surface area contributed by atoms with Gasteiger partial charge in [-0.1, -0.05) is 17.7 Å². The summed E-state index contributed by atoms with van der Waals surface area (Å²) >= 11 is 6.08. The van der Waals surface area contributed by atoms with Crippen LogP contribution in [0.1, 0.15) is 0 Å². The molecule has 0 bridgehead atoms. The summed E-state index contributed by atoms with van der Waals surface area (Å²) in [6.45, 7) is 0. The van der Waals surface area contributed by atoms with Gasteiger partial charge in [0.25, 0.3) is 0 Å². The van der Waals surface area contributed by atoms with Gasteiger partial charge in [0.05, 0.1) is 18.3 Å². The van der Waals surface area contributed by atoms with E-state index in [1.54, 1.807) is 28.9 Å². The van der Waals surface area contributed by atoms with E-state index in [0.717, 1.165) is 10.9 Å². The molecule has 1 radical (unpaired) electrons. The van der Waals surface area contributed by atoms with Crippen LogP contribution < -0.4 is 4.74 Å². The summed E-state index contributed by atoms with van der Waals surface area (Å²) in [5.74, 6) is -0.248. The van der Waals surface area contributed by atoms with Crippen molar-refractivity contribution in [2.45, 2.75) is 0 Å². The predicted octanol–water partition coefficient (Wildman–Crippen LogP) is 3.63. The number of ether oxygens (including phenoxy) is 1. The Balaban J connectivity index is 2.24. The van der Waals surface area contributed by atoms with Gasteiger partial charge >= 0.3 is 0 Å². The lowest BCUT2D eigenvalue weighted by Gasteiger charge is -2.06. The number of rotatable bonds is 2. The standard InChI is InChI=1S/C14H9ClFN2O/c1-19-13-8-9(6-7-11(13)16)18-12-5-3-2-4-10(12)14(15)17-18/h3-8H,1H3. The molecule has 0 unspecified atom stereocenters. The van der Waals surface area contributed by atoms with Crippen molar-refractivity contribution in [2.75, 3.05) is 7.11 Å². The maximum atomic E-state index is 13.4. The van der Waals surface area contributed by atoms with E-state index in [9.17, 15) is 4.39 Å². The highest BCUT2D eigenvalue weighted by Crippen LogP contribution is 2.27. The van der Waals surface area contributed by atoms with Crippen LogP contribution in [-0.4, -0.2) is 16.9 Å². The van der Waals surface area contributed by atoms with Gasteiger partial charge in [-0.2, -0.15) is 5.10 Å². The van der Waals surface area contributed by atoms with Crippen LogP contribution in [0.4, 0.5) is 4.39 Å². The van der Waals surface area contributed by atoms with Crippen molar-refractivity contribution >= 4 is 22.5 Å². The fourth-order valence-corrected chi connectivity index (χ4v) is 2.17. The van der Waals surface area contributed by atoms with Crippen molar-refractivity contribution in [1.29, 1.82) is 0 Å². The zero-order chi connectivity index (χ0) is 13.4. The number of hydrogen-bond donors (Lipinski definition) is 0. The topological polar surface area (TPSA) is 27.1 Å². The van der Waals surface area contributed by atoms with Gasteiger partial charge in [-0.25, -0.2) is 9.07 Å². The molecule has 0 aliphatic rings. The first-order valence-corrected chi connectivity index (χ1v) is 5.97. The van der Waals surface area contributed by atoms with Crippen molar-refractivity contribution in [3.63, 3.8) is 0 Å². The molecule has 1 heterocycles. The zero-order valence-corrected chi connectivity index (χ0v) is 10.8. The third kappa shape index (κ3) is 1.94. The molecule has 1 aromatic heterocycles. The van der Waals surface area contributed by atoms with Crippen LogP contribution in [-0.2, 0) is 0 Å². The molecule has 2 aromatic carbocycles. The van der Waals surface area contributed by atoms with Crippen LogP contribution in [0, 0.1) is 11.9 Å². The van der Waals surface area contributed by atoms with Crippen LogP contribution >= 0.6 is 11.6 Å². The summed E-state index contributed by atoms with van der Waals surface area (Å²) in [6.07, 6.45) is 0. The molecule has 3 nitrogen and oxygen atoms in total. The van der Waals surface area contributed by atoms with Crippen LogP contribution in [0.15, 0.2) is 36.4 Å². The van der Waals surface area contributed by atoms with Gasteiger partial charge in [-0.3, -0.25) is 0 Å². The SMILES string of the molecule is COc1cc(-n2nc(Cl)c3c[c]ccc32)ccc1F. The molecule has 19 heavy (non-hydrogen) atoms. The van der Waals surface area contributed by atoms with Crippen molar-refractivity contribution in [2.24, 2.45) is 0 Å². The highest BCUT2D eigenvalue weighted by Gasteiger charge is 2.11. The number of methoxy groups -OCH3 is 1. The van der Waals surface area contributed by atoms with E-state index in [4.69, 9.17) is 16.3 Å². The average Bonchev–Trinajstić information content (AvgIpc) is 2.77. The molecule has 0 amide bonds.